The highest BCUT2D eigenvalue weighted by molar-refractivity contribution is 6.07. The Morgan fingerprint density at radius 2 is 1.94 bits per heavy atom. The van der Waals surface area contributed by atoms with E-state index in [1.54, 1.807) is 19.1 Å². The Balaban J connectivity index is 2.44. The molecule has 1 aliphatic heterocycles. The number of carbonyl (C=O) groups is 3. The average Bonchev–Trinajstić information content (AvgIpc) is 2.43. The van der Waals surface area contributed by atoms with Crippen molar-refractivity contribution >= 4 is 17.8 Å². The van der Waals surface area contributed by atoms with Crippen molar-refractivity contribution in [1.82, 2.24) is 4.90 Å². The number of nitrogens with zero attached hydrogens (tertiary/aromatic N) is 1. The maximum Gasteiger partial charge on any atom is 0.307 e. The van der Waals surface area contributed by atoms with Gasteiger partial charge < -0.3 is 5.11 Å². The van der Waals surface area contributed by atoms with Gasteiger partial charge in [0.25, 0.3) is 0 Å². The zero-order chi connectivity index (χ0) is 12.0. The van der Waals surface area contributed by atoms with Gasteiger partial charge >= 0.3 is 5.97 Å². The highest BCUT2D eigenvalue weighted by Crippen LogP contribution is 2.40. The average molecular weight is 223 g/mol. The molecule has 1 saturated heterocycles. The predicted octanol–water partition coefficient (Wildman–Crippen LogP) is 0.124. The number of aliphatic carboxylic acids is 1. The molecule has 2 amide bonds. The summed E-state index contributed by atoms with van der Waals surface area (Å²) in [5.41, 5.74) is 0. The van der Waals surface area contributed by atoms with E-state index in [1.165, 1.54) is 7.05 Å². The van der Waals surface area contributed by atoms with Crippen molar-refractivity contribution in [2.45, 2.75) is 6.92 Å². The summed E-state index contributed by atoms with van der Waals surface area (Å²) in [5, 5.41) is 9.13. The van der Waals surface area contributed by atoms with Crippen LogP contribution in [-0.2, 0) is 14.4 Å². The minimum absolute atomic E-state index is 0.220. The molecule has 0 bridgehead atoms. The van der Waals surface area contributed by atoms with E-state index in [0.29, 0.717) is 0 Å². The van der Waals surface area contributed by atoms with E-state index in [0.717, 1.165) is 4.90 Å². The molecule has 86 valence electrons. The number of carboxylic acids is 1. The second-order valence-electron chi connectivity index (χ2n) is 4.40. The smallest absolute Gasteiger partial charge is 0.307 e. The van der Waals surface area contributed by atoms with Gasteiger partial charge in [0, 0.05) is 7.05 Å². The van der Waals surface area contributed by atoms with Gasteiger partial charge in [-0.05, 0) is 5.92 Å². The fourth-order valence-electron chi connectivity index (χ4n) is 2.56. The van der Waals surface area contributed by atoms with E-state index in [9.17, 15) is 14.4 Å². The molecule has 0 aromatic rings. The predicted molar refractivity (Wildman–Crippen MR) is 54.2 cm³/mol. The van der Waals surface area contributed by atoms with Crippen LogP contribution in [0.15, 0.2) is 12.2 Å². The molecule has 4 atom stereocenters. The van der Waals surface area contributed by atoms with Crippen LogP contribution >= 0.6 is 0 Å². The Labute approximate surface area is 92.7 Å². The lowest BCUT2D eigenvalue weighted by Crippen LogP contribution is -2.38. The van der Waals surface area contributed by atoms with Gasteiger partial charge in [-0.1, -0.05) is 19.1 Å². The summed E-state index contributed by atoms with van der Waals surface area (Å²) >= 11 is 0. The monoisotopic (exact) mass is 223 g/mol. The van der Waals surface area contributed by atoms with Gasteiger partial charge in [0.15, 0.2) is 0 Å². The molecular formula is C11H13NO4. The maximum absolute atomic E-state index is 11.8. The summed E-state index contributed by atoms with van der Waals surface area (Å²) in [7, 11) is 1.40. The molecule has 0 spiro atoms. The summed E-state index contributed by atoms with van der Waals surface area (Å²) in [6.45, 7) is 1.75. The van der Waals surface area contributed by atoms with Crippen molar-refractivity contribution < 1.29 is 19.5 Å². The number of imide groups is 1. The van der Waals surface area contributed by atoms with Crippen molar-refractivity contribution in [3.8, 4) is 0 Å². The number of amides is 2. The van der Waals surface area contributed by atoms with Gasteiger partial charge in [0.1, 0.15) is 0 Å². The molecule has 1 N–H and O–H groups in total. The lowest BCUT2D eigenvalue weighted by atomic mass is 9.72. The number of carbonyl (C=O) groups excluding carboxylic acids is 2. The van der Waals surface area contributed by atoms with Crippen LogP contribution in [-0.4, -0.2) is 34.8 Å². The molecule has 4 unspecified atom stereocenters. The van der Waals surface area contributed by atoms with Gasteiger partial charge in [0.2, 0.25) is 11.8 Å². The van der Waals surface area contributed by atoms with Crippen molar-refractivity contribution in [2.24, 2.45) is 23.7 Å². The van der Waals surface area contributed by atoms with Crippen molar-refractivity contribution in [3.05, 3.63) is 12.2 Å². The number of rotatable bonds is 1. The number of hydrogen-bond donors (Lipinski definition) is 1. The van der Waals surface area contributed by atoms with E-state index >= 15 is 0 Å². The molecule has 1 heterocycles. The van der Waals surface area contributed by atoms with Crippen LogP contribution in [0.3, 0.4) is 0 Å². The molecule has 5 nitrogen and oxygen atoms in total. The molecule has 0 saturated carbocycles. The third-order valence-corrected chi connectivity index (χ3v) is 3.48. The van der Waals surface area contributed by atoms with Gasteiger partial charge in [-0.2, -0.15) is 0 Å². The van der Waals surface area contributed by atoms with Crippen LogP contribution in [0.25, 0.3) is 0 Å². The fourth-order valence-corrected chi connectivity index (χ4v) is 2.56. The number of allylic oxidation sites excluding steroid dienone is 1. The quantitative estimate of drug-likeness (QED) is 0.506. The first-order valence-corrected chi connectivity index (χ1v) is 5.17. The van der Waals surface area contributed by atoms with Crippen LogP contribution in [0, 0.1) is 23.7 Å². The molecule has 1 fully saturated rings. The number of carboxylic acid groups (broad SMARTS) is 1. The number of likely N-dealkylation sites (tertiary alicyclic amines) is 1. The van der Waals surface area contributed by atoms with E-state index in [1.807, 2.05) is 0 Å². The first-order valence-electron chi connectivity index (χ1n) is 5.17. The zero-order valence-electron chi connectivity index (χ0n) is 9.08. The Hall–Kier alpha value is -1.65. The standard InChI is InChI=1S/C11H13NO4/c1-5-3-4-6-8(7(5)11(15)16)10(14)12(2)9(6)13/h3-8H,1-2H3,(H,15,16). The van der Waals surface area contributed by atoms with Crippen LogP contribution in [0.4, 0.5) is 0 Å². The maximum atomic E-state index is 11.8. The van der Waals surface area contributed by atoms with Gasteiger partial charge in [-0.25, -0.2) is 0 Å². The number of hydrogen-bond acceptors (Lipinski definition) is 3. The highest BCUT2D eigenvalue weighted by Gasteiger charge is 2.53. The summed E-state index contributed by atoms with van der Waals surface area (Å²) in [5.74, 6) is -4.02. The van der Waals surface area contributed by atoms with Crippen LogP contribution in [0.1, 0.15) is 6.92 Å². The normalized spacial score (nSPS) is 37.8. The topological polar surface area (TPSA) is 74.7 Å². The van der Waals surface area contributed by atoms with Gasteiger partial charge in [-0.15, -0.1) is 0 Å². The number of fused-ring (bicyclic) bond motifs is 1. The molecule has 1 aliphatic carbocycles. The third-order valence-electron chi connectivity index (χ3n) is 3.48. The van der Waals surface area contributed by atoms with Crippen molar-refractivity contribution in [1.29, 1.82) is 0 Å². The Kier molecular flexibility index (Phi) is 2.33. The van der Waals surface area contributed by atoms with Crippen molar-refractivity contribution in [3.63, 3.8) is 0 Å². The van der Waals surface area contributed by atoms with Crippen LogP contribution in [0.2, 0.25) is 0 Å². The van der Waals surface area contributed by atoms with Crippen LogP contribution < -0.4 is 0 Å². The van der Waals surface area contributed by atoms with E-state index < -0.39 is 23.7 Å². The Bertz CT molecular complexity index is 401. The van der Waals surface area contributed by atoms with E-state index in [-0.39, 0.29) is 17.7 Å². The highest BCUT2D eigenvalue weighted by atomic mass is 16.4. The minimum atomic E-state index is -1.01. The largest absolute Gasteiger partial charge is 0.481 e. The molecular weight excluding hydrogens is 210 g/mol. The van der Waals surface area contributed by atoms with E-state index in [2.05, 4.69) is 0 Å². The summed E-state index contributed by atoms with van der Waals surface area (Å²) in [4.78, 5) is 35.7. The summed E-state index contributed by atoms with van der Waals surface area (Å²) in [6, 6.07) is 0. The van der Waals surface area contributed by atoms with Crippen LogP contribution in [0.5, 0.6) is 0 Å². The second kappa shape index (κ2) is 3.43. The van der Waals surface area contributed by atoms with Gasteiger partial charge in [-0.3, -0.25) is 19.3 Å². The molecule has 16 heavy (non-hydrogen) atoms. The Morgan fingerprint density at radius 1 is 1.31 bits per heavy atom. The molecule has 2 rings (SSSR count). The SMILES string of the molecule is CC1C=CC2C(=O)N(C)C(=O)C2C1C(=O)O. The minimum Gasteiger partial charge on any atom is -0.481 e. The first-order chi connectivity index (χ1) is 7.45. The molecule has 5 heteroatoms. The zero-order valence-corrected chi connectivity index (χ0v) is 9.08. The third kappa shape index (κ3) is 1.27. The lowest BCUT2D eigenvalue weighted by Gasteiger charge is -2.28. The van der Waals surface area contributed by atoms with E-state index in [4.69, 9.17) is 5.11 Å². The molecule has 0 aromatic heterocycles. The molecule has 0 radical (unpaired) electrons. The van der Waals surface area contributed by atoms with Crippen molar-refractivity contribution in [2.75, 3.05) is 7.05 Å². The fraction of sp³-hybridized carbons (Fsp3) is 0.545. The first kappa shape index (κ1) is 10.9. The lowest BCUT2D eigenvalue weighted by molar-refractivity contribution is -0.150. The second-order valence-corrected chi connectivity index (χ2v) is 4.40. The molecule has 2 aliphatic rings. The summed E-state index contributed by atoms with van der Waals surface area (Å²) in [6.07, 6.45) is 3.38. The molecule has 0 aromatic carbocycles. The summed E-state index contributed by atoms with van der Waals surface area (Å²) < 4.78 is 0. The van der Waals surface area contributed by atoms with Gasteiger partial charge in [0.05, 0.1) is 17.8 Å². The Morgan fingerprint density at radius 3 is 2.50 bits per heavy atom.